The van der Waals surface area contributed by atoms with Gasteiger partial charge in [-0.2, -0.15) is 0 Å². The van der Waals surface area contributed by atoms with Gasteiger partial charge in [-0.05, 0) is 53.8 Å². The van der Waals surface area contributed by atoms with E-state index in [4.69, 9.17) is 4.43 Å². The zero-order chi connectivity index (χ0) is 15.4. The molecular formula is C13H28FNO2SSi. The van der Waals surface area contributed by atoms with E-state index in [1.807, 2.05) is 47.7 Å². The SMILES string of the molecule is C=C(F)[C@@H](C[Si](C)(C)OC(C)C)N[S+]([O-])C(C)(C)C. The molecule has 0 aliphatic carbocycles. The summed E-state index contributed by atoms with van der Waals surface area (Å²) in [6.45, 7) is 16.9. The van der Waals surface area contributed by atoms with Gasteiger partial charge in [0.25, 0.3) is 0 Å². The lowest BCUT2D eigenvalue weighted by molar-refractivity contribution is 0.229. The van der Waals surface area contributed by atoms with Gasteiger partial charge in [-0.15, -0.1) is 4.72 Å². The normalized spacial score (nSPS) is 16.5. The Morgan fingerprint density at radius 3 is 2.21 bits per heavy atom. The fourth-order valence-electron chi connectivity index (χ4n) is 1.70. The third-order valence-electron chi connectivity index (χ3n) is 2.43. The molecule has 114 valence electrons. The van der Waals surface area contributed by atoms with Crippen molar-refractivity contribution < 1.29 is 13.4 Å². The van der Waals surface area contributed by atoms with Crippen molar-refractivity contribution in [3.63, 3.8) is 0 Å². The minimum Gasteiger partial charge on any atom is -0.598 e. The van der Waals surface area contributed by atoms with Crippen molar-refractivity contribution in [1.29, 1.82) is 0 Å². The highest BCUT2D eigenvalue weighted by molar-refractivity contribution is 7.90. The first-order valence-corrected chi connectivity index (χ1v) is 10.8. The molecule has 0 fully saturated rings. The van der Waals surface area contributed by atoms with Crippen LogP contribution in [0.2, 0.25) is 19.1 Å². The summed E-state index contributed by atoms with van der Waals surface area (Å²) in [5.41, 5.74) is 0. The molecule has 0 spiro atoms. The lowest BCUT2D eigenvalue weighted by Gasteiger charge is -2.32. The summed E-state index contributed by atoms with van der Waals surface area (Å²) in [7, 11) is -2.02. The minimum atomic E-state index is -2.02. The Morgan fingerprint density at radius 2 is 1.89 bits per heavy atom. The van der Waals surface area contributed by atoms with Crippen LogP contribution in [0, 0.1) is 0 Å². The highest BCUT2D eigenvalue weighted by atomic mass is 32.2. The zero-order valence-corrected chi connectivity index (χ0v) is 15.0. The topological polar surface area (TPSA) is 44.3 Å². The van der Waals surface area contributed by atoms with E-state index in [9.17, 15) is 8.94 Å². The Labute approximate surface area is 121 Å². The molecule has 0 saturated carbocycles. The molecule has 1 N–H and O–H groups in total. The largest absolute Gasteiger partial charge is 0.598 e. The molecule has 0 aromatic rings. The van der Waals surface area contributed by atoms with E-state index >= 15 is 0 Å². The molecule has 0 radical (unpaired) electrons. The molecule has 0 amide bonds. The predicted molar refractivity (Wildman–Crippen MR) is 83.6 cm³/mol. The standard InChI is InChI=1S/C13H28FNO2SSi/c1-10(2)17-19(7,8)9-12(11(3)14)15-18(16)13(4,5)6/h10,12,15H,3,9H2,1-2,4-8H3/t12-,18?/m1/s1. The van der Waals surface area contributed by atoms with E-state index in [-0.39, 0.29) is 6.10 Å². The maximum Gasteiger partial charge on any atom is 0.189 e. The van der Waals surface area contributed by atoms with Gasteiger partial charge in [-0.3, -0.25) is 0 Å². The Kier molecular flexibility index (Phi) is 7.26. The maximum atomic E-state index is 13.6. The van der Waals surface area contributed by atoms with Crippen molar-refractivity contribution in [2.75, 3.05) is 0 Å². The van der Waals surface area contributed by atoms with Gasteiger partial charge in [0.2, 0.25) is 0 Å². The van der Waals surface area contributed by atoms with Gasteiger partial charge in [0, 0.05) is 17.5 Å². The smallest absolute Gasteiger partial charge is 0.189 e. The average Bonchev–Trinajstić information content (AvgIpc) is 2.11. The Hall–Kier alpha value is 0.117. The molecule has 1 unspecified atom stereocenters. The van der Waals surface area contributed by atoms with Crippen molar-refractivity contribution >= 4 is 19.7 Å². The third-order valence-corrected chi connectivity index (χ3v) is 6.55. The van der Waals surface area contributed by atoms with Crippen molar-refractivity contribution in [2.45, 2.75) is 70.6 Å². The van der Waals surface area contributed by atoms with Crippen LogP contribution in [0.25, 0.3) is 0 Å². The zero-order valence-electron chi connectivity index (χ0n) is 13.2. The van der Waals surface area contributed by atoms with Crippen LogP contribution < -0.4 is 4.72 Å². The molecule has 6 heteroatoms. The molecule has 19 heavy (non-hydrogen) atoms. The second-order valence-electron chi connectivity index (χ2n) is 6.63. The molecule has 3 nitrogen and oxygen atoms in total. The first kappa shape index (κ1) is 19.1. The van der Waals surface area contributed by atoms with Crippen LogP contribution in [0.1, 0.15) is 34.6 Å². The summed E-state index contributed by atoms with van der Waals surface area (Å²) in [5.74, 6) is -0.481. The number of rotatable bonds is 7. The highest BCUT2D eigenvalue weighted by Gasteiger charge is 2.35. The van der Waals surface area contributed by atoms with Crippen molar-refractivity contribution in [3.8, 4) is 0 Å². The fraction of sp³-hybridized carbons (Fsp3) is 0.846. The van der Waals surface area contributed by atoms with Crippen LogP contribution in [0.15, 0.2) is 12.4 Å². The van der Waals surface area contributed by atoms with Crippen LogP contribution in [0.3, 0.4) is 0 Å². The Balaban J connectivity index is 4.72. The molecule has 0 bridgehead atoms. The van der Waals surface area contributed by atoms with Gasteiger partial charge in [-0.25, -0.2) is 4.39 Å². The summed E-state index contributed by atoms with van der Waals surface area (Å²) in [6.07, 6.45) is 0.114. The summed E-state index contributed by atoms with van der Waals surface area (Å²) in [5, 5.41) is 0. The third kappa shape index (κ3) is 8.09. The summed E-state index contributed by atoms with van der Waals surface area (Å²) in [6, 6.07) is -0.0945. The number of hydrogen-bond donors (Lipinski definition) is 1. The molecular weight excluding hydrogens is 281 g/mol. The lowest BCUT2D eigenvalue weighted by atomic mass is 10.3. The van der Waals surface area contributed by atoms with Crippen molar-refractivity contribution in [3.05, 3.63) is 12.4 Å². The van der Waals surface area contributed by atoms with E-state index < -0.39 is 36.3 Å². The first-order valence-electron chi connectivity index (χ1n) is 6.55. The number of hydrogen-bond acceptors (Lipinski definition) is 3. The molecule has 0 rings (SSSR count). The van der Waals surface area contributed by atoms with Crippen LogP contribution in [0.5, 0.6) is 0 Å². The quantitative estimate of drug-likeness (QED) is 0.578. The van der Waals surface area contributed by atoms with Crippen molar-refractivity contribution in [1.82, 2.24) is 4.72 Å². The fourth-order valence-corrected chi connectivity index (χ4v) is 5.35. The van der Waals surface area contributed by atoms with E-state index in [2.05, 4.69) is 11.3 Å². The predicted octanol–water partition coefficient (Wildman–Crippen LogP) is 3.52. The second-order valence-corrected chi connectivity index (χ2v) is 12.8. The van der Waals surface area contributed by atoms with E-state index in [1.54, 1.807) is 0 Å². The molecule has 2 atom stereocenters. The number of nitrogens with one attached hydrogen (secondary N) is 1. The highest BCUT2D eigenvalue weighted by Crippen LogP contribution is 2.23. The van der Waals surface area contributed by atoms with Gasteiger partial charge in [0.1, 0.15) is 16.6 Å². The van der Waals surface area contributed by atoms with Gasteiger partial charge >= 0.3 is 0 Å². The van der Waals surface area contributed by atoms with Crippen LogP contribution in [-0.4, -0.2) is 29.8 Å². The Morgan fingerprint density at radius 1 is 1.42 bits per heavy atom. The average molecular weight is 310 g/mol. The Bertz CT molecular complexity index is 306. The molecule has 0 heterocycles. The van der Waals surface area contributed by atoms with Gasteiger partial charge in [0.15, 0.2) is 8.32 Å². The van der Waals surface area contributed by atoms with E-state index in [1.165, 1.54) is 0 Å². The molecule has 0 aromatic carbocycles. The van der Waals surface area contributed by atoms with Crippen molar-refractivity contribution in [2.24, 2.45) is 0 Å². The van der Waals surface area contributed by atoms with E-state index in [0.29, 0.717) is 6.04 Å². The molecule has 0 aliphatic heterocycles. The van der Waals surface area contributed by atoms with Gasteiger partial charge < -0.3 is 8.98 Å². The lowest BCUT2D eigenvalue weighted by Crippen LogP contribution is -2.48. The van der Waals surface area contributed by atoms with Crippen LogP contribution in [-0.2, 0) is 15.8 Å². The summed E-state index contributed by atoms with van der Waals surface area (Å²) in [4.78, 5) is 0. The molecule has 0 aromatic heterocycles. The monoisotopic (exact) mass is 309 g/mol. The van der Waals surface area contributed by atoms with Crippen LogP contribution >= 0.6 is 0 Å². The first-order chi connectivity index (χ1) is 8.35. The number of halogens is 1. The van der Waals surface area contributed by atoms with Gasteiger partial charge in [-0.1, -0.05) is 6.58 Å². The minimum absolute atomic E-state index is 0.114. The summed E-state index contributed by atoms with van der Waals surface area (Å²) >= 11 is -1.32. The van der Waals surface area contributed by atoms with E-state index in [0.717, 1.165) is 0 Å². The van der Waals surface area contributed by atoms with Crippen LogP contribution in [0.4, 0.5) is 4.39 Å². The summed E-state index contributed by atoms with van der Waals surface area (Å²) < 4.78 is 33.9. The molecule has 0 saturated heterocycles. The molecule has 0 aliphatic rings. The second kappa shape index (κ2) is 7.22. The maximum absolute atomic E-state index is 13.6. The van der Waals surface area contributed by atoms with Gasteiger partial charge in [0.05, 0.1) is 0 Å².